The number of nitriles is 1. The Kier molecular flexibility index (Phi) is 4.37. The van der Waals surface area contributed by atoms with E-state index in [1.54, 1.807) is 16.3 Å². The van der Waals surface area contributed by atoms with Crippen LogP contribution < -0.4 is 10.3 Å². The van der Waals surface area contributed by atoms with Crippen molar-refractivity contribution >= 4 is 11.8 Å². The topological polar surface area (TPSA) is 67.9 Å². The van der Waals surface area contributed by atoms with Gasteiger partial charge in [0.15, 0.2) is 5.16 Å². The summed E-state index contributed by atoms with van der Waals surface area (Å²) in [6.45, 7) is 6.58. The van der Waals surface area contributed by atoms with Gasteiger partial charge in [0.25, 0.3) is 5.56 Å². The van der Waals surface area contributed by atoms with Gasteiger partial charge in [0.2, 0.25) is 0 Å². The highest BCUT2D eigenvalue weighted by Crippen LogP contribution is 2.28. The van der Waals surface area contributed by atoms with Gasteiger partial charge in [-0.1, -0.05) is 11.8 Å². The Labute approximate surface area is 145 Å². The number of thioether (sulfide) groups is 1. The van der Waals surface area contributed by atoms with Gasteiger partial charge in [-0.15, -0.1) is 0 Å². The number of fused-ring (bicyclic) bond motifs is 1. The summed E-state index contributed by atoms with van der Waals surface area (Å²) in [6, 6.07) is 9.39. The summed E-state index contributed by atoms with van der Waals surface area (Å²) in [7, 11) is 0. The number of rotatable bonds is 2. The fourth-order valence-electron chi connectivity index (χ4n) is 2.57. The molecule has 0 aliphatic carbocycles. The lowest BCUT2D eigenvalue weighted by Gasteiger charge is -2.21. The van der Waals surface area contributed by atoms with Crippen molar-refractivity contribution in [3.8, 4) is 23.1 Å². The molecule has 0 saturated carbocycles. The summed E-state index contributed by atoms with van der Waals surface area (Å²) < 4.78 is 7.41. The van der Waals surface area contributed by atoms with Crippen LogP contribution in [0.2, 0.25) is 0 Å². The van der Waals surface area contributed by atoms with Crippen molar-refractivity contribution in [1.82, 2.24) is 9.55 Å². The van der Waals surface area contributed by atoms with E-state index in [0.29, 0.717) is 17.4 Å². The van der Waals surface area contributed by atoms with Crippen molar-refractivity contribution in [3.63, 3.8) is 0 Å². The van der Waals surface area contributed by atoms with Gasteiger partial charge in [0.05, 0.1) is 5.69 Å². The zero-order valence-corrected chi connectivity index (χ0v) is 14.8. The number of aromatic nitrogens is 2. The Balaban J connectivity index is 2.05. The quantitative estimate of drug-likeness (QED) is 0.783. The van der Waals surface area contributed by atoms with Crippen molar-refractivity contribution < 1.29 is 4.74 Å². The largest absolute Gasteiger partial charge is 0.488 e. The number of ether oxygens (including phenoxy) is 1. The lowest BCUT2D eigenvalue weighted by molar-refractivity contribution is 0.131. The van der Waals surface area contributed by atoms with Gasteiger partial charge in [0.1, 0.15) is 23.0 Å². The lowest BCUT2D eigenvalue weighted by Crippen LogP contribution is -2.28. The molecule has 0 radical (unpaired) electrons. The van der Waals surface area contributed by atoms with Gasteiger partial charge in [-0.25, -0.2) is 4.98 Å². The summed E-state index contributed by atoms with van der Waals surface area (Å²) >= 11 is 1.56. The van der Waals surface area contributed by atoms with Gasteiger partial charge in [-0.2, -0.15) is 5.26 Å². The van der Waals surface area contributed by atoms with Crippen molar-refractivity contribution in [2.45, 2.75) is 44.5 Å². The van der Waals surface area contributed by atoms with Crippen LogP contribution in [0.4, 0.5) is 0 Å². The molecule has 0 N–H and O–H groups in total. The molecule has 124 valence electrons. The van der Waals surface area contributed by atoms with Gasteiger partial charge in [-0.3, -0.25) is 9.36 Å². The molecule has 0 atom stereocenters. The summed E-state index contributed by atoms with van der Waals surface area (Å²) in [4.78, 5) is 17.1. The predicted octanol–water partition coefficient (Wildman–Crippen LogP) is 3.46. The van der Waals surface area contributed by atoms with E-state index >= 15 is 0 Å². The van der Waals surface area contributed by atoms with Crippen LogP contribution in [0.25, 0.3) is 11.3 Å². The van der Waals surface area contributed by atoms with E-state index in [1.807, 2.05) is 51.1 Å². The molecule has 5 nitrogen and oxygen atoms in total. The van der Waals surface area contributed by atoms with E-state index in [1.165, 1.54) is 0 Å². The predicted molar refractivity (Wildman–Crippen MR) is 94.4 cm³/mol. The summed E-state index contributed by atoms with van der Waals surface area (Å²) in [5.41, 5.74) is 0.772. The third kappa shape index (κ3) is 3.31. The molecule has 1 aliphatic rings. The second-order valence-electron chi connectivity index (χ2n) is 6.63. The molecule has 0 saturated heterocycles. The maximum Gasteiger partial charge on any atom is 0.272 e. The van der Waals surface area contributed by atoms with E-state index in [4.69, 9.17) is 4.74 Å². The highest BCUT2D eigenvalue weighted by Gasteiger charge is 2.20. The molecule has 0 bridgehead atoms. The van der Waals surface area contributed by atoms with Crippen LogP contribution >= 0.6 is 11.8 Å². The summed E-state index contributed by atoms with van der Waals surface area (Å²) in [6.07, 6.45) is 0.919. The standard InChI is InChI=1S/C18H19N3O2S/c1-18(2,3)23-13-7-5-12(6-8-13)15-14(11-19)16(22)21-9-4-10-24-17(21)20-15/h5-8H,4,9-10H2,1-3H3. The van der Waals surface area contributed by atoms with Gasteiger partial charge < -0.3 is 4.74 Å². The molecule has 6 heteroatoms. The average molecular weight is 341 g/mol. The minimum absolute atomic E-state index is 0.103. The van der Waals surface area contributed by atoms with E-state index in [-0.39, 0.29) is 16.7 Å². The van der Waals surface area contributed by atoms with Crippen LogP contribution in [0.3, 0.4) is 0 Å². The van der Waals surface area contributed by atoms with Crippen LogP contribution in [0, 0.1) is 11.3 Å². The first-order valence-corrected chi connectivity index (χ1v) is 8.85. The van der Waals surface area contributed by atoms with Gasteiger partial charge in [0, 0.05) is 17.9 Å². The Morgan fingerprint density at radius 3 is 2.62 bits per heavy atom. The molecule has 0 amide bonds. The highest BCUT2D eigenvalue weighted by molar-refractivity contribution is 7.99. The monoisotopic (exact) mass is 341 g/mol. The lowest BCUT2D eigenvalue weighted by atomic mass is 10.1. The van der Waals surface area contributed by atoms with Crippen LogP contribution in [0.5, 0.6) is 5.75 Å². The maximum absolute atomic E-state index is 12.6. The van der Waals surface area contributed by atoms with Gasteiger partial charge in [-0.05, 0) is 51.5 Å². The fraction of sp³-hybridized carbons (Fsp3) is 0.389. The van der Waals surface area contributed by atoms with E-state index < -0.39 is 0 Å². The first kappa shape index (κ1) is 16.6. The van der Waals surface area contributed by atoms with E-state index in [9.17, 15) is 10.1 Å². The minimum atomic E-state index is -0.279. The van der Waals surface area contributed by atoms with Crippen LogP contribution in [-0.2, 0) is 6.54 Å². The average Bonchev–Trinajstić information content (AvgIpc) is 2.54. The second-order valence-corrected chi connectivity index (χ2v) is 7.69. The molecule has 3 rings (SSSR count). The molecule has 0 unspecified atom stereocenters. The molecule has 0 fully saturated rings. The van der Waals surface area contributed by atoms with Crippen molar-refractivity contribution in [3.05, 3.63) is 40.2 Å². The first-order valence-electron chi connectivity index (χ1n) is 7.86. The Bertz CT molecular complexity index is 858. The normalized spacial score (nSPS) is 13.9. The molecule has 2 aromatic rings. The fourth-order valence-corrected chi connectivity index (χ4v) is 3.51. The molecular formula is C18H19N3O2S. The molecule has 0 spiro atoms. The maximum atomic E-state index is 12.6. The third-order valence-electron chi connectivity index (χ3n) is 3.55. The highest BCUT2D eigenvalue weighted by atomic mass is 32.2. The number of benzene rings is 1. The number of hydrogen-bond donors (Lipinski definition) is 0. The van der Waals surface area contributed by atoms with Crippen molar-refractivity contribution in [1.29, 1.82) is 5.26 Å². The smallest absolute Gasteiger partial charge is 0.272 e. The summed E-state index contributed by atoms with van der Waals surface area (Å²) in [5.74, 6) is 1.68. The van der Waals surface area contributed by atoms with Crippen LogP contribution in [0.15, 0.2) is 34.2 Å². The van der Waals surface area contributed by atoms with Crippen LogP contribution in [-0.4, -0.2) is 20.9 Å². The second kappa shape index (κ2) is 6.33. The first-order chi connectivity index (χ1) is 11.4. The molecule has 1 aromatic carbocycles. The van der Waals surface area contributed by atoms with Crippen molar-refractivity contribution in [2.75, 3.05) is 5.75 Å². The SMILES string of the molecule is CC(C)(C)Oc1ccc(-c2nc3n(c(=O)c2C#N)CCCS3)cc1. The van der Waals surface area contributed by atoms with Gasteiger partial charge >= 0.3 is 0 Å². The Morgan fingerprint density at radius 1 is 1.29 bits per heavy atom. The van der Waals surface area contributed by atoms with Crippen molar-refractivity contribution in [2.24, 2.45) is 0 Å². The summed E-state index contributed by atoms with van der Waals surface area (Å²) in [5, 5.41) is 10.1. The number of nitrogens with zero attached hydrogens (tertiary/aromatic N) is 3. The van der Waals surface area contributed by atoms with E-state index in [2.05, 4.69) is 4.98 Å². The molecular weight excluding hydrogens is 322 g/mol. The molecule has 1 aromatic heterocycles. The van der Waals surface area contributed by atoms with E-state index in [0.717, 1.165) is 23.5 Å². The Hall–Kier alpha value is -2.26. The number of hydrogen-bond acceptors (Lipinski definition) is 5. The molecule has 24 heavy (non-hydrogen) atoms. The minimum Gasteiger partial charge on any atom is -0.488 e. The third-order valence-corrected chi connectivity index (χ3v) is 4.62. The van der Waals surface area contributed by atoms with Crippen LogP contribution in [0.1, 0.15) is 32.8 Å². The zero-order valence-electron chi connectivity index (χ0n) is 14.0. The molecule has 1 aliphatic heterocycles. The zero-order chi connectivity index (χ0) is 17.3. The Morgan fingerprint density at radius 2 is 2.00 bits per heavy atom. The molecule has 2 heterocycles.